The van der Waals surface area contributed by atoms with E-state index in [1.54, 1.807) is 0 Å². The van der Waals surface area contributed by atoms with Crippen molar-refractivity contribution in [2.45, 2.75) is 19.8 Å². The van der Waals surface area contributed by atoms with Crippen molar-refractivity contribution in [1.29, 1.82) is 0 Å². The summed E-state index contributed by atoms with van der Waals surface area (Å²) in [6.07, 6.45) is 1.03. The maximum atomic E-state index is 10.0. The number of hydrogen-bond acceptors (Lipinski definition) is 2. The van der Waals surface area contributed by atoms with E-state index < -0.39 is 5.97 Å². The summed E-state index contributed by atoms with van der Waals surface area (Å²) in [5, 5.41) is 8.27. The van der Waals surface area contributed by atoms with Crippen molar-refractivity contribution in [3.8, 4) is 0 Å². The average molecular weight is 131 g/mol. The Hall–Kier alpha value is -0.570. The van der Waals surface area contributed by atoms with Crippen molar-refractivity contribution in [2.24, 2.45) is 11.7 Å². The molecule has 54 valence electrons. The third-order valence-corrected chi connectivity index (χ3v) is 1.18. The Labute approximate surface area is 54.9 Å². The second kappa shape index (κ2) is 4.32. The molecule has 0 radical (unpaired) electrons. The van der Waals surface area contributed by atoms with Crippen LogP contribution in [0.4, 0.5) is 0 Å². The van der Waals surface area contributed by atoms with Crippen LogP contribution in [0.3, 0.4) is 0 Å². The van der Waals surface area contributed by atoms with Gasteiger partial charge in [-0.3, -0.25) is 4.79 Å². The summed E-state index contributed by atoms with van der Waals surface area (Å²) in [6, 6.07) is 0. The monoisotopic (exact) mass is 131 g/mol. The number of carboxylic acids is 1. The van der Waals surface area contributed by atoms with Crippen LogP contribution in [0.25, 0.3) is 0 Å². The Morgan fingerprint density at radius 1 is 1.78 bits per heavy atom. The number of carbonyl (C=O) groups is 1. The smallest absolute Gasteiger partial charge is 0.303 e. The fourth-order valence-electron chi connectivity index (χ4n) is 0.685. The largest absolute Gasteiger partial charge is 0.481 e. The molecule has 0 fully saturated rings. The first-order valence-corrected chi connectivity index (χ1v) is 3.08. The molecule has 0 bridgehead atoms. The number of hydrogen-bond donors (Lipinski definition) is 2. The fourth-order valence-corrected chi connectivity index (χ4v) is 0.685. The highest BCUT2D eigenvalue weighted by atomic mass is 16.4. The molecular formula is C6H13NO2. The van der Waals surface area contributed by atoms with Gasteiger partial charge in [0.2, 0.25) is 0 Å². The molecule has 0 spiro atoms. The quantitative estimate of drug-likeness (QED) is 0.582. The van der Waals surface area contributed by atoms with Gasteiger partial charge >= 0.3 is 5.97 Å². The van der Waals surface area contributed by atoms with Gasteiger partial charge in [-0.05, 0) is 18.9 Å². The number of carboxylic acid groups (broad SMARTS) is 1. The van der Waals surface area contributed by atoms with Crippen molar-refractivity contribution < 1.29 is 9.90 Å². The molecule has 0 amide bonds. The topological polar surface area (TPSA) is 63.3 Å². The Morgan fingerprint density at radius 2 is 2.33 bits per heavy atom. The molecule has 9 heavy (non-hydrogen) atoms. The summed E-state index contributed by atoms with van der Waals surface area (Å²) in [5.41, 5.74) is 5.21. The standard InChI is InChI=1S/C6H13NO2/c1-5(2-3-7)4-6(8)9/h5H,2-4,7H2,1H3,(H,8,9)/t5-/m0/s1. The second-order valence-electron chi connectivity index (χ2n) is 2.28. The minimum atomic E-state index is -0.740. The van der Waals surface area contributed by atoms with Crippen LogP contribution < -0.4 is 5.73 Å². The molecular weight excluding hydrogens is 118 g/mol. The number of rotatable bonds is 4. The highest BCUT2D eigenvalue weighted by Crippen LogP contribution is 2.04. The third-order valence-electron chi connectivity index (χ3n) is 1.18. The summed E-state index contributed by atoms with van der Waals surface area (Å²) in [6.45, 7) is 2.47. The zero-order valence-electron chi connectivity index (χ0n) is 5.63. The van der Waals surface area contributed by atoms with Crippen molar-refractivity contribution in [3.63, 3.8) is 0 Å². The van der Waals surface area contributed by atoms with Gasteiger partial charge in [0.15, 0.2) is 0 Å². The molecule has 0 heterocycles. The number of nitrogens with two attached hydrogens (primary N) is 1. The molecule has 0 aromatic carbocycles. The van der Waals surface area contributed by atoms with Gasteiger partial charge in [-0.25, -0.2) is 0 Å². The predicted molar refractivity (Wildman–Crippen MR) is 35.1 cm³/mol. The summed E-state index contributed by atoms with van der Waals surface area (Å²) in [5.74, 6) is -0.525. The lowest BCUT2D eigenvalue weighted by atomic mass is 10.1. The maximum Gasteiger partial charge on any atom is 0.303 e. The third kappa shape index (κ3) is 5.30. The second-order valence-corrected chi connectivity index (χ2v) is 2.28. The van der Waals surface area contributed by atoms with Gasteiger partial charge in [-0.2, -0.15) is 0 Å². The summed E-state index contributed by atoms with van der Waals surface area (Å²) in [4.78, 5) is 10.0. The highest BCUT2D eigenvalue weighted by molar-refractivity contribution is 5.66. The Morgan fingerprint density at radius 3 is 2.67 bits per heavy atom. The molecule has 0 unspecified atom stereocenters. The Bertz CT molecular complexity index is 93.1. The van der Waals surface area contributed by atoms with Crippen LogP contribution in [-0.4, -0.2) is 17.6 Å². The van der Waals surface area contributed by atoms with Crippen molar-refractivity contribution in [1.82, 2.24) is 0 Å². The molecule has 0 aliphatic heterocycles. The van der Waals surface area contributed by atoms with E-state index in [2.05, 4.69) is 0 Å². The minimum Gasteiger partial charge on any atom is -0.481 e. The van der Waals surface area contributed by atoms with Crippen molar-refractivity contribution in [3.05, 3.63) is 0 Å². The zero-order chi connectivity index (χ0) is 7.28. The average Bonchev–Trinajstić information content (AvgIpc) is 1.63. The molecule has 3 N–H and O–H groups in total. The van der Waals surface area contributed by atoms with Crippen LogP contribution in [0.1, 0.15) is 19.8 Å². The molecule has 0 saturated carbocycles. The molecule has 0 aliphatic rings. The molecule has 0 aliphatic carbocycles. The highest BCUT2D eigenvalue weighted by Gasteiger charge is 2.04. The Balaban J connectivity index is 3.26. The van der Waals surface area contributed by atoms with Crippen molar-refractivity contribution >= 4 is 5.97 Å². The first-order chi connectivity index (χ1) is 4.16. The van der Waals surface area contributed by atoms with Gasteiger partial charge in [0.05, 0.1) is 0 Å². The van der Waals surface area contributed by atoms with E-state index in [1.807, 2.05) is 6.92 Å². The lowest BCUT2D eigenvalue weighted by Crippen LogP contribution is -2.09. The molecule has 3 heteroatoms. The Kier molecular flexibility index (Phi) is 4.05. The van der Waals surface area contributed by atoms with E-state index in [9.17, 15) is 4.79 Å². The lowest BCUT2D eigenvalue weighted by molar-refractivity contribution is -0.137. The van der Waals surface area contributed by atoms with E-state index in [0.717, 1.165) is 6.42 Å². The summed E-state index contributed by atoms with van der Waals surface area (Å²) < 4.78 is 0. The fraction of sp³-hybridized carbons (Fsp3) is 0.833. The SMILES string of the molecule is C[C@@H](CCN)CC(=O)O. The first kappa shape index (κ1) is 8.43. The summed E-state index contributed by atoms with van der Waals surface area (Å²) in [7, 11) is 0. The van der Waals surface area contributed by atoms with Crippen LogP contribution in [0.2, 0.25) is 0 Å². The van der Waals surface area contributed by atoms with E-state index in [4.69, 9.17) is 10.8 Å². The van der Waals surface area contributed by atoms with Crippen LogP contribution in [0.5, 0.6) is 0 Å². The first-order valence-electron chi connectivity index (χ1n) is 3.08. The molecule has 0 saturated heterocycles. The predicted octanol–water partition coefficient (Wildman–Crippen LogP) is 0.446. The van der Waals surface area contributed by atoms with Crippen LogP contribution in [0.15, 0.2) is 0 Å². The van der Waals surface area contributed by atoms with Gasteiger partial charge in [0.25, 0.3) is 0 Å². The van der Waals surface area contributed by atoms with Gasteiger partial charge in [-0.15, -0.1) is 0 Å². The van der Waals surface area contributed by atoms with Crippen LogP contribution >= 0.6 is 0 Å². The molecule has 3 nitrogen and oxygen atoms in total. The number of aliphatic carboxylic acids is 1. The molecule has 0 rings (SSSR count). The molecule has 1 atom stereocenters. The summed E-state index contributed by atoms with van der Waals surface area (Å²) >= 11 is 0. The molecule has 0 aromatic heterocycles. The maximum absolute atomic E-state index is 10.0. The van der Waals surface area contributed by atoms with Gasteiger partial charge in [0, 0.05) is 6.42 Å². The minimum absolute atomic E-state index is 0.215. The lowest BCUT2D eigenvalue weighted by Gasteiger charge is -2.03. The van der Waals surface area contributed by atoms with E-state index in [1.165, 1.54) is 0 Å². The van der Waals surface area contributed by atoms with E-state index in [-0.39, 0.29) is 12.3 Å². The van der Waals surface area contributed by atoms with Crippen LogP contribution in [0, 0.1) is 5.92 Å². The van der Waals surface area contributed by atoms with Crippen LogP contribution in [-0.2, 0) is 4.79 Å². The molecule has 0 aromatic rings. The van der Waals surface area contributed by atoms with Crippen molar-refractivity contribution in [2.75, 3.05) is 6.54 Å². The zero-order valence-corrected chi connectivity index (χ0v) is 5.63. The van der Waals surface area contributed by atoms with Gasteiger partial charge in [0.1, 0.15) is 0 Å². The van der Waals surface area contributed by atoms with E-state index >= 15 is 0 Å². The normalized spacial score (nSPS) is 13.1. The van der Waals surface area contributed by atoms with Gasteiger partial charge in [-0.1, -0.05) is 6.92 Å². The van der Waals surface area contributed by atoms with E-state index in [0.29, 0.717) is 6.54 Å². The van der Waals surface area contributed by atoms with Gasteiger partial charge < -0.3 is 10.8 Å².